The van der Waals surface area contributed by atoms with Crippen LogP contribution in [0.3, 0.4) is 0 Å². The van der Waals surface area contributed by atoms with Crippen LogP contribution in [0.2, 0.25) is 13.1 Å². The maximum Gasteiger partial charge on any atom is 0.190 e. The third kappa shape index (κ3) is 6.06. The van der Waals surface area contributed by atoms with Gasteiger partial charge in [-0.15, -0.1) is 0 Å². The Hall–Kier alpha value is -1.38. The molecule has 2 heterocycles. The van der Waals surface area contributed by atoms with Gasteiger partial charge in [-0.05, 0) is 83.9 Å². The molecule has 4 nitrogen and oxygen atoms in total. The Balaban J connectivity index is 1.72. The number of pyridine rings is 1. The monoisotopic (exact) mass is 508 g/mol. The van der Waals surface area contributed by atoms with Crippen molar-refractivity contribution in [2.45, 2.75) is 53.0 Å². The van der Waals surface area contributed by atoms with Gasteiger partial charge in [0.1, 0.15) is 11.4 Å². The Morgan fingerprint density at radius 1 is 1.07 bits per heavy atom. The van der Waals surface area contributed by atoms with Crippen LogP contribution < -0.4 is 4.74 Å². The normalized spacial score (nSPS) is 13.2. The van der Waals surface area contributed by atoms with E-state index in [0.29, 0.717) is 0 Å². The Morgan fingerprint density at radius 2 is 1.79 bits per heavy atom. The fourth-order valence-electron chi connectivity index (χ4n) is 2.97. The van der Waals surface area contributed by atoms with Crippen LogP contribution in [0.15, 0.2) is 48.8 Å². The largest absolute Gasteiger partial charge is 0.466 e. The highest BCUT2D eigenvalue weighted by molar-refractivity contribution is 14.1. The van der Waals surface area contributed by atoms with E-state index in [4.69, 9.17) is 14.1 Å². The molecule has 3 rings (SSSR count). The first kappa shape index (κ1) is 21.3. The van der Waals surface area contributed by atoms with Gasteiger partial charge in [-0.25, -0.2) is 4.98 Å². The minimum absolute atomic E-state index is 0.172. The van der Waals surface area contributed by atoms with Gasteiger partial charge in [0.05, 0.1) is 5.69 Å². The molecule has 0 saturated heterocycles. The molecule has 0 fully saturated rings. The van der Waals surface area contributed by atoms with E-state index in [1.54, 1.807) is 0 Å². The summed E-state index contributed by atoms with van der Waals surface area (Å²) in [5.41, 5.74) is 3.27. The van der Waals surface area contributed by atoms with Crippen molar-refractivity contribution in [3.63, 3.8) is 0 Å². The van der Waals surface area contributed by atoms with E-state index in [1.165, 1.54) is 3.57 Å². The minimum Gasteiger partial charge on any atom is -0.466 e. The van der Waals surface area contributed by atoms with Crippen LogP contribution in [0.4, 0.5) is 0 Å². The summed E-state index contributed by atoms with van der Waals surface area (Å²) in [4.78, 5) is 4.71. The fourth-order valence-corrected chi connectivity index (χ4v) is 4.25. The van der Waals surface area contributed by atoms with Gasteiger partial charge in [0.15, 0.2) is 15.3 Å². The van der Waals surface area contributed by atoms with E-state index in [0.717, 1.165) is 35.5 Å². The minimum atomic E-state index is -1.17. The number of halogens is 1. The Labute approximate surface area is 183 Å². The van der Waals surface area contributed by atoms with Crippen LogP contribution in [-0.4, -0.2) is 24.7 Å². The molecular weight excluding hydrogens is 479 g/mol. The van der Waals surface area contributed by atoms with Crippen LogP contribution in [0, 0.1) is 8.99 Å². The fraction of sp³-hybridized carbons (Fsp3) is 0.409. The van der Waals surface area contributed by atoms with Crippen molar-refractivity contribution in [2.75, 3.05) is 0 Å². The summed E-state index contributed by atoms with van der Waals surface area (Å²) in [5, 5.41) is 0. The lowest BCUT2D eigenvalue weighted by molar-refractivity contribution is -0.00964. The Morgan fingerprint density at radius 3 is 2.43 bits per heavy atom. The second kappa shape index (κ2) is 8.96. The van der Waals surface area contributed by atoms with Crippen LogP contribution >= 0.6 is 22.6 Å². The number of hydrogen-bond acceptors (Lipinski definition) is 3. The van der Waals surface area contributed by atoms with Gasteiger partial charge >= 0.3 is 0 Å². The van der Waals surface area contributed by atoms with Gasteiger partial charge in [-0.2, -0.15) is 0 Å². The maximum atomic E-state index is 6.17. The Bertz CT molecular complexity index is 916. The lowest BCUT2D eigenvalue weighted by Crippen LogP contribution is -2.27. The summed E-state index contributed by atoms with van der Waals surface area (Å²) < 4.78 is 15.5. The van der Waals surface area contributed by atoms with E-state index in [-0.39, 0.29) is 11.7 Å². The van der Waals surface area contributed by atoms with Gasteiger partial charge in [0.25, 0.3) is 0 Å². The van der Waals surface area contributed by atoms with Crippen molar-refractivity contribution in [1.82, 2.24) is 9.38 Å². The van der Waals surface area contributed by atoms with Crippen molar-refractivity contribution >= 4 is 37.3 Å². The van der Waals surface area contributed by atoms with E-state index in [9.17, 15) is 0 Å². The van der Waals surface area contributed by atoms with E-state index < -0.39 is 9.04 Å². The molecule has 0 aliphatic carbocycles. The molecule has 0 saturated carbocycles. The molecule has 1 atom stereocenters. The molecule has 0 aliphatic rings. The predicted octanol–water partition coefficient (Wildman–Crippen LogP) is 6.14. The van der Waals surface area contributed by atoms with Crippen molar-refractivity contribution in [1.29, 1.82) is 0 Å². The van der Waals surface area contributed by atoms with Gasteiger partial charge in [0.2, 0.25) is 0 Å². The maximum absolute atomic E-state index is 6.17. The highest BCUT2D eigenvalue weighted by Crippen LogP contribution is 2.26. The van der Waals surface area contributed by atoms with E-state index in [1.807, 2.05) is 18.2 Å². The molecule has 28 heavy (non-hydrogen) atoms. The summed E-state index contributed by atoms with van der Waals surface area (Å²) in [6, 6.07) is 12.3. The first-order valence-corrected chi connectivity index (χ1v) is 13.6. The van der Waals surface area contributed by atoms with Crippen LogP contribution in [-0.2, 0) is 4.43 Å². The first-order chi connectivity index (χ1) is 13.2. The number of hydrogen-bond donors (Lipinski definition) is 0. The van der Waals surface area contributed by atoms with E-state index >= 15 is 0 Å². The zero-order valence-corrected chi connectivity index (χ0v) is 20.6. The van der Waals surface area contributed by atoms with Crippen molar-refractivity contribution in [2.24, 2.45) is 5.41 Å². The molecule has 1 aromatic carbocycles. The molecule has 3 aromatic rings. The highest BCUT2D eigenvalue weighted by atomic mass is 127. The van der Waals surface area contributed by atoms with Gasteiger partial charge in [-0.3, -0.25) is 0 Å². The molecule has 0 amide bonds. The summed E-state index contributed by atoms with van der Waals surface area (Å²) in [6.07, 6.45) is 5.94. The number of rotatable bonds is 7. The number of imidazole rings is 1. The van der Waals surface area contributed by atoms with Gasteiger partial charge in [0, 0.05) is 27.9 Å². The second-order valence-electron chi connectivity index (χ2n) is 8.59. The average molecular weight is 508 g/mol. The first-order valence-electron chi connectivity index (χ1n) is 9.76. The van der Waals surface area contributed by atoms with Gasteiger partial charge in [-0.1, -0.05) is 20.8 Å². The SMILES string of the molecule is C[SiH](C)OC(CCC(C)(C)C)Oc1ccc(-c2cn3cc(I)ccc3n2)cc1. The summed E-state index contributed by atoms with van der Waals surface area (Å²) in [5.74, 6) is 0.843. The average Bonchev–Trinajstić information content (AvgIpc) is 3.02. The standard InChI is InChI=1S/C22H29IN2O2Si/c1-22(2,3)13-12-21(27-28(4)5)26-18-9-6-16(7-10-18)19-15-25-14-17(23)8-11-20(25)24-19/h6-11,14-15,21,28H,12-13H2,1-5H3. The molecule has 0 N–H and O–H groups in total. The van der Waals surface area contributed by atoms with Crippen LogP contribution in [0.1, 0.15) is 33.6 Å². The highest BCUT2D eigenvalue weighted by Gasteiger charge is 2.18. The Kier molecular flexibility index (Phi) is 6.83. The number of benzene rings is 1. The zero-order valence-electron chi connectivity index (χ0n) is 17.3. The quantitative estimate of drug-likeness (QED) is 0.219. The molecule has 2 aromatic heterocycles. The van der Waals surface area contributed by atoms with Crippen molar-refractivity contribution in [3.8, 4) is 17.0 Å². The molecule has 0 aliphatic heterocycles. The summed E-state index contributed by atoms with van der Waals surface area (Å²) >= 11 is 2.31. The molecule has 150 valence electrons. The third-order valence-corrected chi connectivity index (χ3v) is 5.87. The van der Waals surface area contributed by atoms with Crippen LogP contribution in [0.5, 0.6) is 5.75 Å². The molecule has 0 bridgehead atoms. The van der Waals surface area contributed by atoms with Gasteiger partial charge < -0.3 is 13.6 Å². The van der Waals surface area contributed by atoms with E-state index in [2.05, 4.69) is 91.4 Å². The molecule has 0 radical (unpaired) electrons. The third-order valence-electron chi connectivity index (χ3n) is 4.39. The molecular formula is C22H29IN2O2Si. The molecule has 6 heteroatoms. The molecule has 1 unspecified atom stereocenters. The zero-order chi connectivity index (χ0) is 20.3. The predicted molar refractivity (Wildman–Crippen MR) is 126 cm³/mol. The summed E-state index contributed by atoms with van der Waals surface area (Å²) in [6.45, 7) is 11.1. The molecule has 0 spiro atoms. The lowest BCUT2D eigenvalue weighted by atomic mass is 9.90. The number of aromatic nitrogens is 2. The lowest BCUT2D eigenvalue weighted by Gasteiger charge is -2.25. The van der Waals surface area contributed by atoms with Crippen molar-refractivity contribution in [3.05, 3.63) is 52.4 Å². The smallest absolute Gasteiger partial charge is 0.190 e. The number of nitrogens with zero attached hydrogens (tertiary/aromatic N) is 2. The topological polar surface area (TPSA) is 35.8 Å². The second-order valence-corrected chi connectivity index (χ2v) is 12.2. The number of fused-ring (bicyclic) bond motifs is 1. The number of ether oxygens (including phenoxy) is 1. The summed E-state index contributed by atoms with van der Waals surface area (Å²) in [7, 11) is -1.17. The van der Waals surface area contributed by atoms with Crippen LogP contribution in [0.25, 0.3) is 16.9 Å². The van der Waals surface area contributed by atoms with Crippen molar-refractivity contribution < 1.29 is 9.16 Å².